The lowest BCUT2D eigenvalue weighted by Gasteiger charge is -2.64. The number of carbonyl (C=O) groups excluding carboxylic acids is 2. The van der Waals surface area contributed by atoms with Crippen LogP contribution in [-0.4, -0.2) is 36.4 Å². The molecule has 0 spiro atoms. The number of hydrogen-bond acceptors (Lipinski definition) is 4. The summed E-state index contributed by atoms with van der Waals surface area (Å²) in [7, 11) is 1.31. The van der Waals surface area contributed by atoms with Gasteiger partial charge in [-0.25, -0.2) is 0 Å². The number of methoxy groups -OCH3 is 1. The summed E-state index contributed by atoms with van der Waals surface area (Å²) in [6, 6.07) is 0. The van der Waals surface area contributed by atoms with Crippen molar-refractivity contribution in [1.29, 1.82) is 5.41 Å². The third kappa shape index (κ3) is 2.48. The monoisotopic (exact) mass is 309 g/mol. The Morgan fingerprint density at radius 3 is 2.45 bits per heavy atom. The minimum absolute atomic E-state index is 0.0502. The molecule has 6 heteroatoms. The molecule has 0 aliphatic heterocycles. The molecule has 1 amide bonds. The van der Waals surface area contributed by atoms with Gasteiger partial charge in [0.25, 0.3) is 0 Å². The van der Waals surface area contributed by atoms with Crippen LogP contribution >= 0.6 is 0 Å². The third-order valence-corrected chi connectivity index (χ3v) is 6.04. The van der Waals surface area contributed by atoms with Crippen LogP contribution in [0, 0.1) is 28.1 Å². The predicted molar refractivity (Wildman–Crippen MR) is 83.0 cm³/mol. The molecule has 124 valence electrons. The fraction of sp³-hybridized carbons (Fsp3) is 0.812. The largest absolute Gasteiger partial charge is 0.469 e. The van der Waals surface area contributed by atoms with Gasteiger partial charge in [0.2, 0.25) is 5.91 Å². The van der Waals surface area contributed by atoms with E-state index in [-0.39, 0.29) is 30.2 Å². The van der Waals surface area contributed by atoms with Crippen molar-refractivity contribution in [2.45, 2.75) is 46.5 Å². The van der Waals surface area contributed by atoms with Crippen LogP contribution in [-0.2, 0) is 14.3 Å². The number of ether oxygens (including phenoxy) is 1. The standard InChI is InChI=1S/C16H27N3O3/c1-15(2)10-5-7-16(3,11(15)9-10)13(21)19(14(17)18)8-6-12(20)22-4/h10-11H,5-9H2,1-4H3,(H3,17,18). The molecule has 0 aromatic carbocycles. The molecule has 0 aromatic rings. The molecule has 3 N–H and O–H groups in total. The van der Waals surface area contributed by atoms with Gasteiger partial charge in [-0.2, -0.15) is 0 Å². The molecule has 6 nitrogen and oxygen atoms in total. The first kappa shape index (κ1) is 16.8. The van der Waals surface area contributed by atoms with E-state index in [9.17, 15) is 9.59 Å². The van der Waals surface area contributed by atoms with Crippen LogP contribution in [0.3, 0.4) is 0 Å². The molecule has 3 rings (SSSR count). The molecule has 0 aromatic heterocycles. The number of nitrogens with zero attached hydrogens (tertiary/aromatic N) is 1. The Hall–Kier alpha value is -1.59. The zero-order valence-corrected chi connectivity index (χ0v) is 13.9. The summed E-state index contributed by atoms with van der Waals surface area (Å²) in [6.07, 6.45) is 2.98. The lowest BCUT2D eigenvalue weighted by molar-refractivity contribution is -0.178. The Kier molecular flexibility index (Phi) is 4.24. The second-order valence-corrected chi connectivity index (χ2v) is 7.43. The van der Waals surface area contributed by atoms with Crippen LogP contribution in [0.5, 0.6) is 0 Å². The molecule has 3 unspecified atom stereocenters. The van der Waals surface area contributed by atoms with Crippen molar-refractivity contribution in [3.8, 4) is 0 Å². The summed E-state index contributed by atoms with van der Waals surface area (Å²) in [4.78, 5) is 25.6. The highest BCUT2D eigenvalue weighted by Gasteiger charge is 2.62. The van der Waals surface area contributed by atoms with Gasteiger partial charge in [0.1, 0.15) is 0 Å². The van der Waals surface area contributed by atoms with Crippen LogP contribution < -0.4 is 5.73 Å². The van der Waals surface area contributed by atoms with Crippen molar-refractivity contribution >= 4 is 17.8 Å². The number of fused-ring (bicyclic) bond motifs is 2. The summed E-state index contributed by atoms with van der Waals surface area (Å²) in [6.45, 7) is 6.55. The summed E-state index contributed by atoms with van der Waals surface area (Å²) in [5, 5.41) is 7.70. The van der Waals surface area contributed by atoms with E-state index in [0.29, 0.717) is 11.8 Å². The van der Waals surface area contributed by atoms with E-state index in [1.54, 1.807) is 0 Å². The van der Waals surface area contributed by atoms with E-state index in [0.717, 1.165) is 19.3 Å². The maximum atomic E-state index is 13.0. The molecule has 3 atom stereocenters. The Bertz CT molecular complexity index is 501. The summed E-state index contributed by atoms with van der Waals surface area (Å²) in [5.74, 6) is 0.178. The number of rotatable bonds is 4. The summed E-state index contributed by atoms with van der Waals surface area (Å²) < 4.78 is 4.60. The van der Waals surface area contributed by atoms with E-state index < -0.39 is 11.4 Å². The van der Waals surface area contributed by atoms with Crippen molar-refractivity contribution in [2.75, 3.05) is 13.7 Å². The van der Waals surface area contributed by atoms with E-state index in [1.165, 1.54) is 12.0 Å². The average Bonchev–Trinajstić information content (AvgIpc) is 2.46. The smallest absolute Gasteiger partial charge is 0.307 e. The zero-order chi connectivity index (χ0) is 16.7. The van der Waals surface area contributed by atoms with Crippen LogP contribution in [0.1, 0.15) is 46.5 Å². The van der Waals surface area contributed by atoms with Gasteiger partial charge < -0.3 is 10.5 Å². The van der Waals surface area contributed by atoms with Gasteiger partial charge in [-0.05, 0) is 36.5 Å². The highest BCUT2D eigenvalue weighted by molar-refractivity contribution is 5.98. The van der Waals surface area contributed by atoms with Gasteiger partial charge in [0.05, 0.1) is 18.9 Å². The Labute approximate surface area is 131 Å². The molecule has 0 heterocycles. The fourth-order valence-electron chi connectivity index (χ4n) is 4.44. The maximum Gasteiger partial charge on any atom is 0.307 e. The van der Waals surface area contributed by atoms with Crippen molar-refractivity contribution < 1.29 is 14.3 Å². The molecule has 2 bridgehead atoms. The van der Waals surface area contributed by atoms with Gasteiger partial charge in [0.15, 0.2) is 5.96 Å². The normalized spacial score (nSPS) is 31.8. The highest BCUT2D eigenvalue weighted by atomic mass is 16.5. The van der Waals surface area contributed by atoms with Crippen LogP contribution in [0.15, 0.2) is 0 Å². The topological polar surface area (TPSA) is 96.5 Å². The number of nitrogens with one attached hydrogen (secondary N) is 1. The molecular formula is C16H27N3O3. The quantitative estimate of drug-likeness (QED) is 0.469. The zero-order valence-electron chi connectivity index (χ0n) is 13.9. The molecule has 22 heavy (non-hydrogen) atoms. The van der Waals surface area contributed by atoms with Crippen LogP contribution in [0.2, 0.25) is 0 Å². The number of guanidine groups is 1. The van der Waals surface area contributed by atoms with Crippen LogP contribution in [0.25, 0.3) is 0 Å². The van der Waals surface area contributed by atoms with Crippen molar-refractivity contribution in [3.63, 3.8) is 0 Å². The van der Waals surface area contributed by atoms with Gasteiger partial charge >= 0.3 is 5.97 Å². The lowest BCUT2D eigenvalue weighted by atomic mass is 9.41. The first-order valence-electron chi connectivity index (χ1n) is 7.87. The number of amides is 1. The molecular weight excluding hydrogens is 282 g/mol. The molecule has 3 saturated carbocycles. The SMILES string of the molecule is COC(=O)CCN(C(=N)N)C(=O)C1(C)CCC2CC1C2(C)C. The predicted octanol–water partition coefficient (Wildman–Crippen LogP) is 1.73. The second-order valence-electron chi connectivity index (χ2n) is 7.43. The second kappa shape index (κ2) is 5.56. The van der Waals surface area contributed by atoms with E-state index in [1.807, 2.05) is 6.92 Å². The molecule has 3 fully saturated rings. The Balaban J connectivity index is 2.16. The number of carbonyl (C=O) groups is 2. The van der Waals surface area contributed by atoms with Gasteiger partial charge in [-0.1, -0.05) is 20.8 Å². The van der Waals surface area contributed by atoms with E-state index >= 15 is 0 Å². The number of esters is 1. The van der Waals surface area contributed by atoms with Crippen molar-refractivity contribution in [1.82, 2.24) is 4.90 Å². The molecule has 0 saturated heterocycles. The van der Waals surface area contributed by atoms with Crippen molar-refractivity contribution in [3.05, 3.63) is 0 Å². The average molecular weight is 309 g/mol. The van der Waals surface area contributed by atoms with Gasteiger partial charge in [-0.15, -0.1) is 0 Å². The van der Waals surface area contributed by atoms with Gasteiger partial charge in [0, 0.05) is 6.54 Å². The fourth-order valence-corrected chi connectivity index (χ4v) is 4.44. The Morgan fingerprint density at radius 2 is 2.00 bits per heavy atom. The molecule has 3 aliphatic rings. The van der Waals surface area contributed by atoms with E-state index in [2.05, 4.69) is 18.6 Å². The summed E-state index contributed by atoms with van der Waals surface area (Å²) in [5.41, 5.74) is 5.25. The lowest BCUT2D eigenvalue weighted by Crippen LogP contribution is -2.63. The minimum Gasteiger partial charge on any atom is -0.469 e. The summed E-state index contributed by atoms with van der Waals surface area (Å²) >= 11 is 0. The van der Waals surface area contributed by atoms with Gasteiger partial charge in [-0.3, -0.25) is 19.9 Å². The first-order chi connectivity index (χ1) is 10.1. The number of hydrogen-bond donors (Lipinski definition) is 2. The third-order valence-electron chi connectivity index (χ3n) is 6.04. The molecule has 0 radical (unpaired) electrons. The van der Waals surface area contributed by atoms with Crippen LogP contribution in [0.4, 0.5) is 0 Å². The Morgan fingerprint density at radius 1 is 1.36 bits per heavy atom. The highest BCUT2D eigenvalue weighted by Crippen LogP contribution is 2.66. The molecule has 3 aliphatic carbocycles. The minimum atomic E-state index is -0.500. The van der Waals surface area contributed by atoms with E-state index in [4.69, 9.17) is 11.1 Å². The maximum absolute atomic E-state index is 13.0. The first-order valence-corrected chi connectivity index (χ1v) is 7.87. The van der Waals surface area contributed by atoms with Crippen molar-refractivity contribution in [2.24, 2.45) is 28.4 Å². The number of nitrogens with two attached hydrogens (primary N) is 1.